The lowest BCUT2D eigenvalue weighted by Gasteiger charge is -2.32. The number of fused-ring (bicyclic) bond motifs is 2. The van der Waals surface area contributed by atoms with E-state index in [1.807, 2.05) is 61.5 Å². The molecule has 5 heteroatoms. The molecule has 0 fully saturated rings. The van der Waals surface area contributed by atoms with Crippen LogP contribution in [-0.4, -0.2) is 19.5 Å². The predicted octanol–water partition coefficient (Wildman–Crippen LogP) is 4.71. The van der Waals surface area contributed by atoms with Crippen molar-refractivity contribution in [2.75, 3.05) is 23.9 Å². The lowest BCUT2D eigenvalue weighted by atomic mass is 10.2. The molecule has 0 aromatic heterocycles. The van der Waals surface area contributed by atoms with E-state index in [0.717, 1.165) is 26.9 Å². The average molecular weight is 305 g/mol. The Hall–Kier alpha value is -1.65. The molecule has 1 aliphatic rings. The molecule has 0 aliphatic carbocycles. The Kier molecular flexibility index (Phi) is 3.36. The third-order valence-corrected chi connectivity index (χ3v) is 4.47. The maximum atomic E-state index is 12.0. The van der Waals surface area contributed by atoms with Crippen LogP contribution in [0.5, 0.6) is 0 Å². The Morgan fingerprint density at radius 3 is 2.50 bits per heavy atom. The van der Waals surface area contributed by atoms with Crippen LogP contribution in [0.2, 0.25) is 0 Å². The van der Waals surface area contributed by atoms with E-state index in [4.69, 9.17) is 11.6 Å². The molecule has 1 heterocycles. The molecule has 20 heavy (non-hydrogen) atoms. The number of hydrogen-bond acceptors (Lipinski definition) is 3. The highest BCUT2D eigenvalue weighted by atomic mass is 35.5. The Labute approximate surface area is 127 Å². The van der Waals surface area contributed by atoms with Gasteiger partial charge in [0, 0.05) is 23.9 Å². The maximum absolute atomic E-state index is 12.0. The number of carbonyl (C=O) groups is 1. The molecule has 3 nitrogen and oxygen atoms in total. The zero-order chi connectivity index (χ0) is 14.3. The van der Waals surface area contributed by atoms with E-state index in [1.165, 1.54) is 0 Å². The van der Waals surface area contributed by atoms with Crippen LogP contribution in [0, 0.1) is 0 Å². The highest BCUT2D eigenvalue weighted by molar-refractivity contribution is 7.99. The summed E-state index contributed by atoms with van der Waals surface area (Å²) in [6, 6.07) is 13.8. The molecule has 102 valence electrons. The fourth-order valence-electron chi connectivity index (χ4n) is 2.33. The van der Waals surface area contributed by atoms with Gasteiger partial charge in [0.05, 0.1) is 17.1 Å². The normalized spacial score (nSPS) is 12.7. The number of hydrogen-bond donors (Lipinski definition) is 0. The smallest absolute Gasteiger partial charge is 0.325 e. The van der Waals surface area contributed by atoms with Crippen LogP contribution in [0.4, 0.5) is 21.9 Å². The maximum Gasteiger partial charge on any atom is 0.325 e. The van der Waals surface area contributed by atoms with Crippen LogP contribution in [0.15, 0.2) is 52.3 Å². The van der Waals surface area contributed by atoms with Crippen molar-refractivity contribution in [1.82, 2.24) is 0 Å². The minimum Gasteiger partial charge on any atom is -0.376 e. The Balaban J connectivity index is 2.27. The first-order valence-corrected chi connectivity index (χ1v) is 7.36. The highest BCUT2D eigenvalue weighted by Crippen LogP contribution is 2.51. The second kappa shape index (κ2) is 5.04. The van der Waals surface area contributed by atoms with E-state index in [-0.39, 0.29) is 0 Å². The largest absolute Gasteiger partial charge is 0.376 e. The molecule has 0 radical (unpaired) electrons. The Morgan fingerprint density at radius 1 is 1.10 bits per heavy atom. The molecule has 2 aromatic rings. The summed E-state index contributed by atoms with van der Waals surface area (Å²) >= 11 is 7.50. The molecule has 0 saturated carbocycles. The van der Waals surface area contributed by atoms with Crippen molar-refractivity contribution in [1.29, 1.82) is 0 Å². The average Bonchev–Trinajstić information content (AvgIpc) is 2.43. The van der Waals surface area contributed by atoms with E-state index in [2.05, 4.69) is 0 Å². The first-order chi connectivity index (χ1) is 9.59. The number of nitrogens with zero attached hydrogens (tertiary/aromatic N) is 2. The molecule has 0 unspecified atom stereocenters. The summed E-state index contributed by atoms with van der Waals surface area (Å²) in [5, 5.41) is -0.492. The van der Waals surface area contributed by atoms with Gasteiger partial charge < -0.3 is 4.90 Å². The van der Waals surface area contributed by atoms with E-state index >= 15 is 0 Å². The number of para-hydroxylation sites is 2. The molecular weight excluding hydrogens is 292 g/mol. The summed E-state index contributed by atoms with van der Waals surface area (Å²) in [4.78, 5) is 17.6. The van der Waals surface area contributed by atoms with Crippen LogP contribution in [-0.2, 0) is 0 Å². The summed E-state index contributed by atoms with van der Waals surface area (Å²) in [5.74, 6) is 0. The van der Waals surface area contributed by atoms with Gasteiger partial charge in [0.1, 0.15) is 0 Å². The van der Waals surface area contributed by atoms with Gasteiger partial charge in [-0.2, -0.15) is 0 Å². The van der Waals surface area contributed by atoms with Crippen molar-refractivity contribution in [3.63, 3.8) is 0 Å². The van der Waals surface area contributed by atoms with Gasteiger partial charge >= 0.3 is 5.37 Å². The molecule has 1 aliphatic heterocycles. The third kappa shape index (κ3) is 2.05. The number of rotatable bonds is 1. The van der Waals surface area contributed by atoms with E-state index in [0.29, 0.717) is 0 Å². The van der Waals surface area contributed by atoms with Crippen molar-refractivity contribution < 1.29 is 4.79 Å². The summed E-state index contributed by atoms with van der Waals surface area (Å²) in [7, 11) is 3.91. The van der Waals surface area contributed by atoms with Gasteiger partial charge in [0.15, 0.2) is 0 Å². The zero-order valence-corrected chi connectivity index (χ0v) is 12.7. The van der Waals surface area contributed by atoms with Gasteiger partial charge in [-0.05, 0) is 35.9 Å². The van der Waals surface area contributed by atoms with Crippen LogP contribution >= 0.6 is 23.4 Å². The molecule has 0 atom stereocenters. The molecule has 0 N–H and O–H groups in total. The van der Waals surface area contributed by atoms with Gasteiger partial charge in [0.25, 0.3) is 0 Å². The van der Waals surface area contributed by atoms with Crippen molar-refractivity contribution in [3.05, 3.63) is 42.5 Å². The standard InChI is InChI=1S/C15H13ClN2OS/c1-17(2)11-7-5-9-13-14(11)18(15(16)19)10-6-3-4-8-12(10)20-13/h3-9H,1-2H3. The molecule has 3 rings (SSSR count). The second-order valence-corrected chi connectivity index (χ2v) is 6.08. The second-order valence-electron chi connectivity index (χ2n) is 4.68. The fourth-order valence-corrected chi connectivity index (χ4v) is 3.59. The lowest BCUT2D eigenvalue weighted by Crippen LogP contribution is -2.25. The quantitative estimate of drug-likeness (QED) is 0.563. The number of anilines is 3. The number of halogens is 1. The van der Waals surface area contributed by atoms with Crippen LogP contribution in [0.1, 0.15) is 0 Å². The van der Waals surface area contributed by atoms with Gasteiger partial charge in [-0.15, -0.1) is 0 Å². The third-order valence-electron chi connectivity index (χ3n) is 3.18. The first kappa shape index (κ1) is 13.3. The first-order valence-electron chi connectivity index (χ1n) is 6.16. The van der Waals surface area contributed by atoms with E-state index in [1.54, 1.807) is 16.7 Å². The van der Waals surface area contributed by atoms with Gasteiger partial charge in [-0.25, -0.2) is 0 Å². The lowest BCUT2D eigenvalue weighted by molar-refractivity contribution is 0.266. The Bertz CT molecular complexity index is 687. The molecule has 0 spiro atoms. The van der Waals surface area contributed by atoms with Gasteiger partial charge in [0.2, 0.25) is 0 Å². The van der Waals surface area contributed by atoms with Crippen molar-refractivity contribution in [2.45, 2.75) is 9.79 Å². The van der Waals surface area contributed by atoms with Crippen LogP contribution in [0.25, 0.3) is 0 Å². The Morgan fingerprint density at radius 2 is 1.80 bits per heavy atom. The molecule has 0 saturated heterocycles. The van der Waals surface area contributed by atoms with Gasteiger partial charge in [-0.1, -0.05) is 30.0 Å². The van der Waals surface area contributed by atoms with E-state index in [9.17, 15) is 4.79 Å². The van der Waals surface area contributed by atoms with Crippen molar-refractivity contribution >= 4 is 45.8 Å². The topological polar surface area (TPSA) is 23.6 Å². The molecule has 2 aromatic carbocycles. The predicted molar refractivity (Wildman–Crippen MR) is 84.7 cm³/mol. The fraction of sp³-hybridized carbons (Fsp3) is 0.133. The summed E-state index contributed by atoms with van der Waals surface area (Å²) in [6.07, 6.45) is 0. The van der Waals surface area contributed by atoms with Crippen LogP contribution < -0.4 is 9.80 Å². The van der Waals surface area contributed by atoms with Crippen molar-refractivity contribution in [3.8, 4) is 0 Å². The number of carbonyl (C=O) groups excluding carboxylic acids is 1. The molecule has 1 amide bonds. The summed E-state index contributed by atoms with van der Waals surface area (Å²) in [6.45, 7) is 0. The van der Waals surface area contributed by atoms with Gasteiger partial charge in [-0.3, -0.25) is 9.69 Å². The van der Waals surface area contributed by atoms with Crippen molar-refractivity contribution in [2.24, 2.45) is 0 Å². The van der Waals surface area contributed by atoms with E-state index < -0.39 is 5.37 Å². The zero-order valence-electron chi connectivity index (χ0n) is 11.1. The minimum absolute atomic E-state index is 0.492. The summed E-state index contributed by atoms with van der Waals surface area (Å²) in [5.41, 5.74) is 2.65. The monoisotopic (exact) mass is 304 g/mol. The highest BCUT2D eigenvalue weighted by Gasteiger charge is 2.29. The molecular formula is C15H13ClN2OS. The van der Waals surface area contributed by atoms with Crippen LogP contribution in [0.3, 0.4) is 0 Å². The SMILES string of the molecule is CN(C)c1cccc2c1N(C(=O)Cl)c1ccccc1S2. The summed E-state index contributed by atoms with van der Waals surface area (Å²) < 4.78 is 0. The minimum atomic E-state index is -0.492. The molecule has 0 bridgehead atoms. The number of amides is 1. The number of benzene rings is 2.